The highest BCUT2D eigenvalue weighted by atomic mass is 16.5. The average Bonchev–Trinajstić information content (AvgIpc) is 3.16. The Balaban J connectivity index is 4.52. The van der Waals surface area contributed by atoms with E-state index < -0.39 is 18.2 Å². The quantitative estimate of drug-likeness (QED) is 0.0329. The lowest BCUT2D eigenvalue weighted by Gasteiger charge is -2.24. The number of hydrogen-bond acceptors (Lipinski definition) is 5. The Morgan fingerprint density at radius 2 is 1.04 bits per heavy atom. The summed E-state index contributed by atoms with van der Waals surface area (Å²) in [5, 5.41) is 23.6. The van der Waals surface area contributed by atoms with Gasteiger partial charge in [-0.3, -0.25) is 9.59 Å². The summed E-state index contributed by atoms with van der Waals surface area (Å²) in [7, 11) is 0. The van der Waals surface area contributed by atoms with Gasteiger partial charge in [-0.2, -0.15) is 0 Å². The first kappa shape index (κ1) is 51.8. The number of aliphatic hydroxyl groups excluding tert-OH is 2. The Labute approximate surface area is 334 Å². The fourth-order valence-corrected chi connectivity index (χ4v) is 6.68. The molecule has 0 saturated carbocycles. The maximum absolute atomic E-state index is 13.1. The van der Waals surface area contributed by atoms with Gasteiger partial charge in [0.25, 0.3) is 0 Å². The van der Waals surface area contributed by atoms with Crippen LogP contribution in [0.2, 0.25) is 0 Å². The van der Waals surface area contributed by atoms with E-state index in [0.29, 0.717) is 19.3 Å². The summed E-state index contributed by atoms with van der Waals surface area (Å²) in [5.74, 6) is -0.521. The fraction of sp³-hybridized carbons (Fsp3) is 0.792. The number of allylic oxidation sites excluding steroid dienone is 8. The van der Waals surface area contributed by atoms with E-state index in [1.54, 1.807) is 0 Å². The Bertz CT molecular complexity index is 941. The largest absolute Gasteiger partial charge is 0.462 e. The van der Waals surface area contributed by atoms with Gasteiger partial charge in [-0.25, -0.2) is 0 Å². The van der Waals surface area contributed by atoms with Crippen LogP contribution < -0.4 is 5.32 Å². The maximum atomic E-state index is 13.1. The van der Waals surface area contributed by atoms with Gasteiger partial charge in [0.2, 0.25) is 5.91 Å². The van der Waals surface area contributed by atoms with Crippen LogP contribution in [0.1, 0.15) is 220 Å². The van der Waals surface area contributed by atoms with Gasteiger partial charge < -0.3 is 20.3 Å². The lowest BCUT2D eigenvalue weighted by molar-refractivity contribution is -0.151. The van der Waals surface area contributed by atoms with Gasteiger partial charge in [0, 0.05) is 6.42 Å². The lowest BCUT2D eigenvalue weighted by Crippen LogP contribution is -2.46. The summed E-state index contributed by atoms with van der Waals surface area (Å²) >= 11 is 0. The minimum Gasteiger partial charge on any atom is -0.462 e. The highest BCUT2D eigenvalue weighted by Gasteiger charge is 2.24. The SMILES string of the molecule is CC/C=C/C/C=C/C/C=C/CCCCCCC(=O)OC(CCCCC/C=C\CCC)CC(=O)NC(CO)C(O)CCCCCCCCCCCCCCC. The molecule has 6 heteroatoms. The van der Waals surface area contributed by atoms with Crippen LogP contribution in [0, 0.1) is 0 Å². The molecule has 6 nitrogen and oxygen atoms in total. The van der Waals surface area contributed by atoms with Crippen LogP contribution in [0.15, 0.2) is 48.6 Å². The maximum Gasteiger partial charge on any atom is 0.306 e. The molecule has 3 N–H and O–H groups in total. The van der Waals surface area contributed by atoms with E-state index in [9.17, 15) is 19.8 Å². The van der Waals surface area contributed by atoms with E-state index in [0.717, 1.165) is 109 Å². The Kier molecular flexibility index (Phi) is 40.3. The third-order valence-electron chi connectivity index (χ3n) is 10.1. The molecular formula is C48H87NO5. The monoisotopic (exact) mass is 758 g/mol. The molecule has 3 unspecified atom stereocenters. The summed E-state index contributed by atoms with van der Waals surface area (Å²) in [5.41, 5.74) is 0. The predicted octanol–water partition coefficient (Wildman–Crippen LogP) is 13.1. The number of unbranched alkanes of at least 4 members (excludes halogenated alkanes) is 20. The van der Waals surface area contributed by atoms with Crippen molar-refractivity contribution in [1.29, 1.82) is 0 Å². The number of aliphatic hydroxyl groups is 2. The summed E-state index contributed by atoms with van der Waals surface area (Å²) < 4.78 is 5.86. The number of amides is 1. The molecule has 0 aliphatic heterocycles. The van der Waals surface area contributed by atoms with Gasteiger partial charge in [0.1, 0.15) is 6.10 Å². The van der Waals surface area contributed by atoms with Crippen molar-refractivity contribution >= 4 is 11.9 Å². The normalized spacial score (nSPS) is 13.8. The Morgan fingerprint density at radius 3 is 1.63 bits per heavy atom. The van der Waals surface area contributed by atoms with Crippen molar-refractivity contribution in [3.63, 3.8) is 0 Å². The molecule has 0 heterocycles. The molecule has 0 aromatic carbocycles. The van der Waals surface area contributed by atoms with Crippen LogP contribution in [-0.4, -0.2) is 46.9 Å². The zero-order valence-electron chi connectivity index (χ0n) is 35.6. The van der Waals surface area contributed by atoms with Gasteiger partial charge in [-0.15, -0.1) is 0 Å². The molecule has 0 aromatic heterocycles. The summed E-state index contributed by atoms with van der Waals surface area (Å²) in [6.45, 7) is 6.28. The molecule has 3 atom stereocenters. The van der Waals surface area contributed by atoms with Crippen LogP contribution >= 0.6 is 0 Å². The number of carbonyl (C=O) groups is 2. The molecule has 1 amide bonds. The molecular weight excluding hydrogens is 671 g/mol. The van der Waals surface area contributed by atoms with Crippen molar-refractivity contribution in [2.75, 3.05) is 6.61 Å². The first-order valence-corrected chi connectivity index (χ1v) is 22.9. The molecule has 0 bridgehead atoms. The van der Waals surface area contributed by atoms with E-state index in [1.165, 1.54) is 64.2 Å². The molecule has 314 valence electrons. The zero-order chi connectivity index (χ0) is 39.6. The number of ether oxygens (including phenoxy) is 1. The second-order valence-electron chi connectivity index (χ2n) is 15.4. The number of esters is 1. The molecule has 0 aromatic rings. The summed E-state index contributed by atoms with van der Waals surface area (Å²) in [6.07, 6.45) is 48.9. The average molecular weight is 758 g/mol. The van der Waals surface area contributed by atoms with E-state index in [2.05, 4.69) is 74.7 Å². The lowest BCUT2D eigenvalue weighted by atomic mass is 10.0. The van der Waals surface area contributed by atoms with Crippen molar-refractivity contribution in [2.24, 2.45) is 0 Å². The molecule has 0 saturated heterocycles. The van der Waals surface area contributed by atoms with Crippen LogP contribution in [0.3, 0.4) is 0 Å². The molecule has 0 spiro atoms. The minimum atomic E-state index is -0.793. The first-order chi connectivity index (χ1) is 26.5. The first-order valence-electron chi connectivity index (χ1n) is 22.9. The van der Waals surface area contributed by atoms with Crippen LogP contribution in [0.25, 0.3) is 0 Å². The Hall–Kier alpha value is -2.18. The molecule has 0 rings (SSSR count). The summed E-state index contributed by atoms with van der Waals surface area (Å²) in [4.78, 5) is 25.9. The van der Waals surface area contributed by atoms with E-state index in [1.807, 2.05) is 0 Å². The number of rotatable bonds is 40. The second kappa shape index (κ2) is 42.0. The number of nitrogens with one attached hydrogen (secondary N) is 1. The van der Waals surface area contributed by atoms with E-state index >= 15 is 0 Å². The van der Waals surface area contributed by atoms with Crippen molar-refractivity contribution in [3.8, 4) is 0 Å². The third-order valence-corrected chi connectivity index (χ3v) is 10.1. The van der Waals surface area contributed by atoms with E-state index in [-0.39, 0.29) is 24.9 Å². The molecule has 0 radical (unpaired) electrons. The van der Waals surface area contributed by atoms with Crippen LogP contribution in [-0.2, 0) is 14.3 Å². The summed E-state index contributed by atoms with van der Waals surface area (Å²) in [6, 6.07) is -0.708. The van der Waals surface area contributed by atoms with Gasteiger partial charge in [0.15, 0.2) is 0 Å². The van der Waals surface area contributed by atoms with Crippen molar-refractivity contribution in [2.45, 2.75) is 238 Å². The fourth-order valence-electron chi connectivity index (χ4n) is 6.68. The smallest absolute Gasteiger partial charge is 0.306 e. The predicted molar refractivity (Wildman–Crippen MR) is 232 cm³/mol. The number of carbonyl (C=O) groups excluding carboxylic acids is 2. The second-order valence-corrected chi connectivity index (χ2v) is 15.4. The van der Waals surface area contributed by atoms with Gasteiger partial charge in [-0.1, -0.05) is 179 Å². The van der Waals surface area contributed by atoms with Crippen molar-refractivity contribution < 1.29 is 24.5 Å². The third kappa shape index (κ3) is 36.8. The molecule has 0 aliphatic rings. The highest BCUT2D eigenvalue weighted by molar-refractivity contribution is 5.77. The van der Waals surface area contributed by atoms with Crippen LogP contribution in [0.4, 0.5) is 0 Å². The molecule has 54 heavy (non-hydrogen) atoms. The minimum absolute atomic E-state index is 0.0566. The van der Waals surface area contributed by atoms with Gasteiger partial charge in [0.05, 0.1) is 25.2 Å². The van der Waals surface area contributed by atoms with Crippen molar-refractivity contribution in [3.05, 3.63) is 48.6 Å². The van der Waals surface area contributed by atoms with Crippen LogP contribution in [0.5, 0.6) is 0 Å². The zero-order valence-corrected chi connectivity index (χ0v) is 35.6. The number of hydrogen-bond donors (Lipinski definition) is 3. The highest BCUT2D eigenvalue weighted by Crippen LogP contribution is 2.17. The molecule has 0 fully saturated rings. The topological polar surface area (TPSA) is 95.9 Å². The van der Waals surface area contributed by atoms with E-state index in [4.69, 9.17) is 4.74 Å². The van der Waals surface area contributed by atoms with Gasteiger partial charge >= 0.3 is 5.97 Å². The Morgan fingerprint density at radius 1 is 0.556 bits per heavy atom. The molecule has 0 aliphatic carbocycles. The standard InChI is InChI=1S/C48H87NO5/c1-4-7-10-13-16-19-21-23-25-27-29-32-35-38-41-48(53)54-44(39-36-33-30-18-15-12-9-6-3)42-47(52)49-45(43-50)46(51)40-37-34-31-28-26-24-22-20-17-14-11-8-5-2/h7,10,12,15-16,19,23,25,44-46,50-51H,4-6,8-9,11,13-14,17-18,20-22,24,26-43H2,1-3H3,(H,49,52)/b10-7+,15-12-,19-16+,25-23+. The van der Waals surface area contributed by atoms with Crippen molar-refractivity contribution in [1.82, 2.24) is 5.32 Å². The van der Waals surface area contributed by atoms with Gasteiger partial charge in [-0.05, 0) is 77.0 Å².